The molecular formula is C12H25NO2. The number of ether oxygens (including phenoxy) is 1. The quantitative estimate of drug-likeness (QED) is 0.735. The highest BCUT2D eigenvalue weighted by atomic mass is 16.5. The van der Waals surface area contributed by atoms with Crippen molar-refractivity contribution >= 4 is 5.91 Å². The topological polar surface area (TPSA) is 38.3 Å². The van der Waals surface area contributed by atoms with Gasteiger partial charge in [-0.05, 0) is 27.2 Å². The third-order valence-corrected chi connectivity index (χ3v) is 1.84. The lowest BCUT2D eigenvalue weighted by Crippen LogP contribution is -2.45. The van der Waals surface area contributed by atoms with E-state index in [0.29, 0.717) is 0 Å². The first-order valence-electron chi connectivity index (χ1n) is 5.55. The molecule has 0 rings (SSSR count). The fourth-order valence-electron chi connectivity index (χ4n) is 1.00. The maximum atomic E-state index is 11.7. The Bertz CT molecular complexity index is 211. The fraction of sp³-hybridized carbons (Fsp3) is 0.917. The van der Waals surface area contributed by atoms with Crippen LogP contribution in [0.1, 0.15) is 54.9 Å². The highest BCUT2D eigenvalue weighted by molar-refractivity contribution is 5.81. The van der Waals surface area contributed by atoms with Crippen LogP contribution in [0.4, 0.5) is 0 Å². The van der Waals surface area contributed by atoms with E-state index in [-0.39, 0.29) is 23.2 Å². The molecule has 1 unspecified atom stereocenters. The average molecular weight is 215 g/mol. The molecule has 0 fully saturated rings. The summed E-state index contributed by atoms with van der Waals surface area (Å²) >= 11 is 0. The second-order valence-electron chi connectivity index (χ2n) is 5.85. The van der Waals surface area contributed by atoms with Crippen molar-refractivity contribution in [3.05, 3.63) is 0 Å². The molecule has 90 valence electrons. The number of hydrogen-bond donors (Lipinski definition) is 1. The van der Waals surface area contributed by atoms with E-state index in [1.165, 1.54) is 0 Å². The van der Waals surface area contributed by atoms with Gasteiger partial charge in [-0.25, -0.2) is 0 Å². The van der Waals surface area contributed by atoms with Crippen LogP contribution >= 0.6 is 0 Å². The number of nitrogens with one attached hydrogen (secondary N) is 1. The predicted molar refractivity (Wildman–Crippen MR) is 62.5 cm³/mol. The molecule has 0 aliphatic heterocycles. The van der Waals surface area contributed by atoms with Gasteiger partial charge in [0.2, 0.25) is 5.91 Å². The minimum absolute atomic E-state index is 0.0265. The number of carbonyl (C=O) groups is 1. The summed E-state index contributed by atoms with van der Waals surface area (Å²) in [5, 5.41) is 2.90. The molecule has 0 saturated heterocycles. The van der Waals surface area contributed by atoms with E-state index in [1.807, 2.05) is 48.5 Å². The normalized spacial score (nSPS) is 14.9. The molecule has 3 heteroatoms. The summed E-state index contributed by atoms with van der Waals surface area (Å²) in [6, 6.07) is 0. The minimum atomic E-state index is -0.366. The maximum Gasteiger partial charge on any atom is 0.227 e. The zero-order valence-corrected chi connectivity index (χ0v) is 11.1. The van der Waals surface area contributed by atoms with E-state index in [4.69, 9.17) is 4.74 Å². The Hall–Kier alpha value is -0.570. The summed E-state index contributed by atoms with van der Waals surface area (Å²) in [6.07, 6.45) is 0.579. The molecular weight excluding hydrogens is 190 g/mol. The Labute approximate surface area is 93.6 Å². The molecule has 0 heterocycles. The van der Waals surface area contributed by atoms with E-state index in [2.05, 4.69) is 5.32 Å². The van der Waals surface area contributed by atoms with E-state index in [0.717, 1.165) is 6.42 Å². The van der Waals surface area contributed by atoms with Crippen molar-refractivity contribution in [2.75, 3.05) is 0 Å². The monoisotopic (exact) mass is 215 g/mol. The first kappa shape index (κ1) is 14.4. The molecule has 0 spiro atoms. The van der Waals surface area contributed by atoms with Crippen molar-refractivity contribution in [3.8, 4) is 0 Å². The predicted octanol–water partition coefficient (Wildman–Crippen LogP) is 2.70. The van der Waals surface area contributed by atoms with Gasteiger partial charge in [-0.2, -0.15) is 0 Å². The van der Waals surface area contributed by atoms with Gasteiger partial charge in [0.05, 0.1) is 5.60 Å². The first-order chi connectivity index (χ1) is 6.56. The molecule has 0 aromatic rings. The van der Waals surface area contributed by atoms with Crippen molar-refractivity contribution in [2.24, 2.45) is 5.41 Å². The Morgan fingerprint density at radius 2 is 1.67 bits per heavy atom. The lowest BCUT2D eigenvalue weighted by Gasteiger charge is -2.29. The zero-order chi connectivity index (χ0) is 12.3. The number of amides is 1. The molecule has 1 N–H and O–H groups in total. The first-order valence-corrected chi connectivity index (χ1v) is 5.55. The molecule has 0 aromatic heterocycles. The van der Waals surface area contributed by atoms with Crippen LogP contribution in [0.2, 0.25) is 0 Å². The summed E-state index contributed by atoms with van der Waals surface area (Å²) < 4.78 is 5.72. The van der Waals surface area contributed by atoms with E-state index >= 15 is 0 Å². The summed E-state index contributed by atoms with van der Waals surface area (Å²) in [7, 11) is 0. The number of carbonyl (C=O) groups excluding carboxylic acids is 1. The molecule has 3 nitrogen and oxygen atoms in total. The molecule has 1 amide bonds. The Morgan fingerprint density at radius 1 is 1.20 bits per heavy atom. The molecule has 0 saturated carbocycles. The van der Waals surface area contributed by atoms with Crippen LogP contribution in [0.25, 0.3) is 0 Å². The van der Waals surface area contributed by atoms with Gasteiger partial charge in [0.25, 0.3) is 0 Å². The highest BCUT2D eigenvalue weighted by Gasteiger charge is 2.25. The third kappa shape index (κ3) is 6.50. The van der Waals surface area contributed by atoms with E-state index < -0.39 is 0 Å². The van der Waals surface area contributed by atoms with Gasteiger partial charge in [-0.3, -0.25) is 4.79 Å². The van der Waals surface area contributed by atoms with E-state index in [1.54, 1.807) is 0 Å². The van der Waals surface area contributed by atoms with Crippen LogP contribution in [-0.2, 0) is 9.53 Å². The van der Waals surface area contributed by atoms with Crippen LogP contribution in [-0.4, -0.2) is 17.7 Å². The Kier molecular flexibility index (Phi) is 4.78. The van der Waals surface area contributed by atoms with Crippen molar-refractivity contribution in [1.82, 2.24) is 5.32 Å². The van der Waals surface area contributed by atoms with Gasteiger partial charge in [-0.15, -0.1) is 0 Å². The standard InChI is InChI=1S/C12H25NO2/c1-8-9(15-12(5,6)7)13-10(14)11(2,3)4/h9H,8H2,1-7H3,(H,13,14). The van der Waals surface area contributed by atoms with Crippen molar-refractivity contribution in [3.63, 3.8) is 0 Å². The summed E-state index contributed by atoms with van der Waals surface area (Å²) in [6.45, 7) is 13.6. The molecule has 1 atom stereocenters. The van der Waals surface area contributed by atoms with Crippen molar-refractivity contribution in [1.29, 1.82) is 0 Å². The largest absolute Gasteiger partial charge is 0.353 e. The van der Waals surface area contributed by atoms with Crippen LogP contribution in [0.3, 0.4) is 0 Å². The number of rotatable bonds is 3. The van der Waals surface area contributed by atoms with Crippen molar-refractivity contribution < 1.29 is 9.53 Å². The molecule has 0 bridgehead atoms. The minimum Gasteiger partial charge on any atom is -0.353 e. The molecule has 0 aliphatic carbocycles. The van der Waals surface area contributed by atoms with Gasteiger partial charge in [-0.1, -0.05) is 27.7 Å². The molecule has 0 radical (unpaired) electrons. The molecule has 0 aliphatic rings. The molecule has 15 heavy (non-hydrogen) atoms. The molecule has 0 aromatic carbocycles. The second-order valence-corrected chi connectivity index (χ2v) is 5.85. The Morgan fingerprint density at radius 3 is 1.93 bits per heavy atom. The van der Waals surface area contributed by atoms with Crippen molar-refractivity contribution in [2.45, 2.75) is 66.7 Å². The fourth-order valence-corrected chi connectivity index (χ4v) is 1.00. The number of hydrogen-bond acceptors (Lipinski definition) is 2. The second kappa shape index (κ2) is 4.97. The lowest BCUT2D eigenvalue weighted by atomic mass is 9.95. The van der Waals surface area contributed by atoms with Gasteiger partial charge in [0.1, 0.15) is 6.23 Å². The van der Waals surface area contributed by atoms with Gasteiger partial charge < -0.3 is 10.1 Å². The summed E-state index contributed by atoms with van der Waals surface area (Å²) in [5.41, 5.74) is -0.597. The highest BCUT2D eigenvalue weighted by Crippen LogP contribution is 2.16. The summed E-state index contributed by atoms with van der Waals surface area (Å²) in [4.78, 5) is 11.7. The smallest absolute Gasteiger partial charge is 0.227 e. The average Bonchev–Trinajstić information content (AvgIpc) is 1.98. The van der Waals surface area contributed by atoms with Gasteiger partial charge >= 0.3 is 0 Å². The van der Waals surface area contributed by atoms with Gasteiger partial charge in [0, 0.05) is 5.41 Å². The van der Waals surface area contributed by atoms with Gasteiger partial charge in [0.15, 0.2) is 0 Å². The zero-order valence-electron chi connectivity index (χ0n) is 11.1. The van der Waals surface area contributed by atoms with Crippen LogP contribution in [0.5, 0.6) is 0 Å². The SMILES string of the molecule is CCC(NC(=O)C(C)(C)C)OC(C)(C)C. The van der Waals surface area contributed by atoms with Crippen LogP contribution in [0, 0.1) is 5.41 Å². The maximum absolute atomic E-state index is 11.7. The summed E-state index contributed by atoms with van der Waals surface area (Å²) in [5.74, 6) is 0.0265. The van der Waals surface area contributed by atoms with Crippen LogP contribution in [0.15, 0.2) is 0 Å². The van der Waals surface area contributed by atoms with E-state index in [9.17, 15) is 4.79 Å². The lowest BCUT2D eigenvalue weighted by molar-refractivity contribution is -0.138. The Balaban J connectivity index is 4.29. The van der Waals surface area contributed by atoms with Crippen LogP contribution < -0.4 is 5.32 Å². The third-order valence-electron chi connectivity index (χ3n) is 1.84.